The average Bonchev–Trinajstić information content (AvgIpc) is 3.15. The molecule has 23 heavy (non-hydrogen) atoms. The summed E-state index contributed by atoms with van der Waals surface area (Å²) in [4.78, 5) is 14.2. The smallest absolute Gasteiger partial charge is 0.326 e. The van der Waals surface area contributed by atoms with Gasteiger partial charge in [0.05, 0.1) is 0 Å². The number of fused-ring (bicyclic) bond motifs is 4. The van der Waals surface area contributed by atoms with Crippen molar-refractivity contribution < 1.29 is 9.90 Å². The average molecular weight is 328 g/mol. The second-order valence-corrected chi connectivity index (χ2v) is 7.61. The molecule has 0 bridgehead atoms. The molecular formula is C19H18ClNO2. The molecule has 4 aliphatic rings. The number of allylic oxidation sites excluding steroid dienone is 4. The van der Waals surface area contributed by atoms with Gasteiger partial charge in [0.25, 0.3) is 0 Å². The zero-order valence-corrected chi connectivity index (χ0v) is 13.4. The fourth-order valence-corrected chi connectivity index (χ4v) is 5.44. The summed E-state index contributed by atoms with van der Waals surface area (Å²) in [6.07, 6.45) is 10.7. The van der Waals surface area contributed by atoms with Crippen molar-refractivity contribution in [3.05, 3.63) is 52.6 Å². The minimum absolute atomic E-state index is 0.122. The van der Waals surface area contributed by atoms with Crippen LogP contribution in [-0.4, -0.2) is 23.7 Å². The minimum Gasteiger partial charge on any atom is -0.480 e. The molecule has 0 radical (unpaired) electrons. The van der Waals surface area contributed by atoms with E-state index in [4.69, 9.17) is 11.6 Å². The zero-order valence-electron chi connectivity index (χ0n) is 12.7. The fourth-order valence-electron chi connectivity index (χ4n) is 5.21. The summed E-state index contributed by atoms with van der Waals surface area (Å²) < 4.78 is 0. The highest BCUT2D eigenvalue weighted by atomic mass is 35.5. The number of carboxylic acids is 1. The molecule has 1 N–H and O–H groups in total. The molecule has 1 aromatic rings. The quantitative estimate of drug-likeness (QED) is 0.794. The molecule has 118 valence electrons. The van der Waals surface area contributed by atoms with E-state index in [0.717, 1.165) is 30.1 Å². The Morgan fingerprint density at radius 2 is 1.83 bits per heavy atom. The van der Waals surface area contributed by atoms with E-state index >= 15 is 0 Å². The summed E-state index contributed by atoms with van der Waals surface area (Å²) in [5.41, 5.74) is 3.59. The number of hydrogen-bond donors (Lipinski definition) is 1. The van der Waals surface area contributed by atoms with Crippen LogP contribution in [0.2, 0.25) is 5.02 Å². The first-order chi connectivity index (χ1) is 11.1. The molecule has 2 heterocycles. The molecule has 3 nitrogen and oxygen atoms in total. The topological polar surface area (TPSA) is 40.5 Å². The van der Waals surface area contributed by atoms with Crippen LogP contribution in [0.15, 0.2) is 36.4 Å². The Morgan fingerprint density at radius 1 is 1.13 bits per heavy atom. The van der Waals surface area contributed by atoms with E-state index in [-0.39, 0.29) is 11.8 Å². The van der Waals surface area contributed by atoms with Crippen molar-refractivity contribution in [3.8, 4) is 0 Å². The number of nitrogens with zero attached hydrogens (tertiary/aromatic N) is 1. The van der Waals surface area contributed by atoms with Crippen LogP contribution in [0.5, 0.6) is 0 Å². The maximum absolute atomic E-state index is 12.1. The molecule has 0 fully saturated rings. The molecule has 0 saturated carbocycles. The van der Waals surface area contributed by atoms with Gasteiger partial charge in [-0.1, -0.05) is 35.9 Å². The minimum atomic E-state index is -0.695. The van der Waals surface area contributed by atoms with Crippen LogP contribution < -0.4 is 4.90 Å². The van der Waals surface area contributed by atoms with Crippen molar-refractivity contribution in [3.63, 3.8) is 0 Å². The van der Waals surface area contributed by atoms with Gasteiger partial charge < -0.3 is 10.0 Å². The Hall–Kier alpha value is -1.74. The molecule has 0 aromatic heterocycles. The third-order valence-corrected chi connectivity index (χ3v) is 6.29. The van der Waals surface area contributed by atoms with E-state index in [2.05, 4.69) is 41.3 Å². The van der Waals surface area contributed by atoms with E-state index in [9.17, 15) is 9.90 Å². The van der Waals surface area contributed by atoms with E-state index < -0.39 is 12.0 Å². The standard InChI is InChI=1S/C19H18ClNO2/c20-11-7-15-12-4-1-3-10(12)9-21-17(15)16(8-11)13-5-2-6-14(13)18(21)19(22)23/h1-2,4-5,7-8,10,12-14,18H,3,6,9H2,(H,22,23)/t10-,12-,13+,14-,18+/m1/s1. The lowest BCUT2D eigenvalue weighted by Crippen LogP contribution is -2.54. The van der Waals surface area contributed by atoms with Crippen molar-refractivity contribution in [2.75, 3.05) is 11.4 Å². The number of carbonyl (C=O) groups is 1. The van der Waals surface area contributed by atoms with Gasteiger partial charge in [-0.3, -0.25) is 0 Å². The van der Waals surface area contributed by atoms with Crippen LogP contribution >= 0.6 is 11.6 Å². The molecule has 4 heteroatoms. The van der Waals surface area contributed by atoms with E-state index in [0.29, 0.717) is 11.8 Å². The zero-order chi connectivity index (χ0) is 15.7. The molecule has 0 unspecified atom stereocenters. The highest BCUT2D eigenvalue weighted by Gasteiger charge is 2.49. The number of anilines is 1. The van der Waals surface area contributed by atoms with Crippen molar-refractivity contribution in [2.24, 2.45) is 11.8 Å². The third kappa shape index (κ3) is 1.74. The normalized spacial score (nSPS) is 35.9. The van der Waals surface area contributed by atoms with Gasteiger partial charge in [-0.2, -0.15) is 0 Å². The van der Waals surface area contributed by atoms with Crippen molar-refractivity contribution in [1.29, 1.82) is 0 Å². The first kappa shape index (κ1) is 13.7. The number of benzene rings is 1. The van der Waals surface area contributed by atoms with Gasteiger partial charge in [-0.15, -0.1) is 0 Å². The van der Waals surface area contributed by atoms with E-state index in [1.807, 2.05) is 0 Å². The second-order valence-electron chi connectivity index (χ2n) is 7.17. The monoisotopic (exact) mass is 327 g/mol. The number of aliphatic carboxylic acids is 1. The van der Waals surface area contributed by atoms with Gasteiger partial charge in [0.2, 0.25) is 0 Å². The SMILES string of the molecule is O=C(O)[C@@H]1[C@@H]2CC=C[C@@H]2c2cc(Cl)cc3c2N1C[C@H]1CC=C[C@@H]31. The maximum Gasteiger partial charge on any atom is 0.326 e. The predicted octanol–water partition coefficient (Wildman–Crippen LogP) is 3.95. The van der Waals surface area contributed by atoms with Gasteiger partial charge in [-0.25, -0.2) is 4.79 Å². The van der Waals surface area contributed by atoms with Gasteiger partial charge in [-0.05, 0) is 42.0 Å². The Balaban J connectivity index is 1.78. The lowest BCUT2D eigenvalue weighted by Gasteiger charge is -2.49. The van der Waals surface area contributed by atoms with Crippen LogP contribution in [-0.2, 0) is 4.79 Å². The van der Waals surface area contributed by atoms with Crippen LogP contribution in [0.25, 0.3) is 0 Å². The Morgan fingerprint density at radius 3 is 2.61 bits per heavy atom. The summed E-state index contributed by atoms with van der Waals surface area (Å²) in [5, 5.41) is 10.7. The Bertz CT molecular complexity index is 752. The van der Waals surface area contributed by atoms with Crippen LogP contribution in [0.3, 0.4) is 0 Å². The van der Waals surface area contributed by atoms with E-state index in [1.165, 1.54) is 11.1 Å². The molecule has 0 spiro atoms. The molecular weight excluding hydrogens is 310 g/mol. The summed E-state index contributed by atoms with van der Waals surface area (Å²) in [5.74, 6) is 0.468. The molecule has 2 aliphatic heterocycles. The molecule has 0 amide bonds. The number of hydrogen-bond acceptors (Lipinski definition) is 2. The summed E-state index contributed by atoms with van der Waals surface area (Å²) in [7, 11) is 0. The van der Waals surface area contributed by atoms with Crippen LogP contribution in [0.4, 0.5) is 5.69 Å². The Kier molecular flexibility index (Phi) is 2.76. The highest BCUT2D eigenvalue weighted by Crippen LogP contribution is 2.55. The highest BCUT2D eigenvalue weighted by molar-refractivity contribution is 6.31. The van der Waals surface area contributed by atoms with Gasteiger partial charge in [0.15, 0.2) is 0 Å². The molecule has 5 rings (SSSR count). The van der Waals surface area contributed by atoms with Gasteiger partial charge >= 0.3 is 5.97 Å². The van der Waals surface area contributed by atoms with Gasteiger partial charge in [0, 0.05) is 35.0 Å². The first-order valence-electron chi connectivity index (χ1n) is 8.31. The Labute approximate surface area is 140 Å². The van der Waals surface area contributed by atoms with Crippen LogP contribution in [0.1, 0.15) is 35.8 Å². The number of halogens is 1. The summed E-state index contributed by atoms with van der Waals surface area (Å²) >= 11 is 6.43. The predicted molar refractivity (Wildman–Crippen MR) is 90.2 cm³/mol. The van der Waals surface area contributed by atoms with Crippen molar-refractivity contribution >= 4 is 23.3 Å². The number of rotatable bonds is 1. The fraction of sp³-hybridized carbons (Fsp3) is 0.421. The van der Waals surface area contributed by atoms with Gasteiger partial charge in [0.1, 0.15) is 6.04 Å². The molecule has 2 aliphatic carbocycles. The van der Waals surface area contributed by atoms with Crippen molar-refractivity contribution in [1.82, 2.24) is 0 Å². The lowest BCUT2D eigenvalue weighted by atomic mass is 9.72. The largest absolute Gasteiger partial charge is 0.480 e. The van der Waals surface area contributed by atoms with Crippen LogP contribution in [0, 0.1) is 11.8 Å². The maximum atomic E-state index is 12.1. The van der Waals surface area contributed by atoms with E-state index in [1.54, 1.807) is 0 Å². The molecule has 1 aromatic carbocycles. The third-order valence-electron chi connectivity index (χ3n) is 6.07. The summed E-state index contributed by atoms with van der Waals surface area (Å²) in [6.45, 7) is 0.833. The van der Waals surface area contributed by atoms with Crippen molar-refractivity contribution in [2.45, 2.75) is 30.7 Å². The lowest BCUT2D eigenvalue weighted by molar-refractivity contribution is -0.140. The first-order valence-corrected chi connectivity index (χ1v) is 8.69. The molecule has 5 atom stereocenters. The second kappa shape index (κ2) is 4.64. The molecule has 0 saturated heterocycles. The number of carboxylic acid groups (broad SMARTS) is 1. The summed E-state index contributed by atoms with van der Waals surface area (Å²) in [6, 6.07) is 3.68.